The van der Waals surface area contributed by atoms with Gasteiger partial charge in [0.2, 0.25) is 0 Å². The molecule has 1 aliphatic carbocycles. The Balaban J connectivity index is 1.97. The van der Waals surface area contributed by atoms with Gasteiger partial charge in [0.25, 0.3) is 5.91 Å². The van der Waals surface area contributed by atoms with Crippen LogP contribution in [0.25, 0.3) is 10.2 Å². The number of aromatic nitrogens is 2. The third kappa shape index (κ3) is 1.66. The minimum absolute atomic E-state index is 0.0631. The van der Waals surface area contributed by atoms with E-state index in [1.54, 1.807) is 16.6 Å². The van der Waals surface area contributed by atoms with E-state index in [1.807, 2.05) is 20.0 Å². The maximum absolute atomic E-state index is 12.6. The van der Waals surface area contributed by atoms with E-state index in [-0.39, 0.29) is 5.91 Å². The molecule has 2 aromatic rings. The van der Waals surface area contributed by atoms with Crippen molar-refractivity contribution in [3.63, 3.8) is 0 Å². The van der Waals surface area contributed by atoms with Crippen LogP contribution in [0.3, 0.4) is 0 Å². The second kappa shape index (κ2) is 4.32. The largest absolute Gasteiger partial charge is 0.322 e. The molecule has 20 heavy (non-hydrogen) atoms. The number of carbonyl (C=O) groups is 1. The third-order valence-corrected chi connectivity index (χ3v) is 5.43. The molecule has 0 radical (unpaired) electrons. The van der Waals surface area contributed by atoms with Gasteiger partial charge < -0.3 is 4.90 Å². The predicted molar refractivity (Wildman–Crippen MR) is 77.6 cm³/mol. The van der Waals surface area contributed by atoms with Crippen LogP contribution in [-0.4, -0.2) is 33.2 Å². The highest BCUT2D eigenvalue weighted by atomic mass is 32.1. The van der Waals surface area contributed by atoms with Gasteiger partial charge in [0, 0.05) is 19.5 Å². The highest BCUT2D eigenvalue weighted by molar-refractivity contribution is 7.20. The van der Waals surface area contributed by atoms with E-state index in [2.05, 4.69) is 11.2 Å². The highest BCUT2D eigenvalue weighted by Crippen LogP contribution is 2.38. The number of hydrogen-bond acceptors (Lipinski definition) is 4. The summed E-state index contributed by atoms with van der Waals surface area (Å²) < 4.78 is 1.80. The normalized spacial score (nSPS) is 16.7. The lowest BCUT2D eigenvalue weighted by molar-refractivity contribution is 0.0502. The van der Waals surface area contributed by atoms with Gasteiger partial charge in [-0.3, -0.25) is 9.48 Å². The Bertz CT molecular complexity index is 698. The molecule has 2 aromatic heterocycles. The summed E-state index contributed by atoms with van der Waals surface area (Å²) in [5.41, 5.74) is 0.333. The molecule has 0 N–H and O–H groups in total. The first-order valence-electron chi connectivity index (χ1n) is 6.61. The molecular formula is C14H16N4OS. The molecule has 6 heteroatoms. The van der Waals surface area contributed by atoms with Gasteiger partial charge in [-0.05, 0) is 32.3 Å². The second-order valence-corrected chi connectivity index (χ2v) is 6.43. The molecule has 0 atom stereocenters. The molecule has 1 amide bonds. The van der Waals surface area contributed by atoms with Crippen LogP contribution >= 0.6 is 11.3 Å². The van der Waals surface area contributed by atoms with E-state index in [0.717, 1.165) is 35.2 Å². The topological polar surface area (TPSA) is 61.9 Å². The van der Waals surface area contributed by atoms with E-state index < -0.39 is 5.54 Å². The smallest absolute Gasteiger partial charge is 0.265 e. The van der Waals surface area contributed by atoms with Crippen LogP contribution in [-0.2, 0) is 7.05 Å². The number of carbonyl (C=O) groups excluding carboxylic acids is 1. The van der Waals surface area contributed by atoms with Gasteiger partial charge in [0.05, 0.1) is 16.6 Å². The van der Waals surface area contributed by atoms with Crippen molar-refractivity contribution in [3.05, 3.63) is 16.6 Å². The number of aryl methyl sites for hydroxylation is 2. The average Bonchev–Trinajstić information content (AvgIpc) is 2.91. The van der Waals surface area contributed by atoms with Crippen molar-refractivity contribution in [2.45, 2.75) is 31.7 Å². The van der Waals surface area contributed by atoms with Crippen molar-refractivity contribution in [1.29, 1.82) is 5.26 Å². The van der Waals surface area contributed by atoms with Gasteiger partial charge >= 0.3 is 0 Å². The Morgan fingerprint density at radius 2 is 2.30 bits per heavy atom. The number of nitrogens with zero attached hydrogens (tertiary/aromatic N) is 4. The summed E-state index contributed by atoms with van der Waals surface area (Å²) in [5, 5.41) is 14.7. The van der Waals surface area contributed by atoms with Crippen molar-refractivity contribution < 1.29 is 4.79 Å². The summed E-state index contributed by atoms with van der Waals surface area (Å²) in [4.78, 5) is 15.9. The van der Waals surface area contributed by atoms with E-state index in [9.17, 15) is 10.1 Å². The van der Waals surface area contributed by atoms with Gasteiger partial charge in [0.1, 0.15) is 10.4 Å². The molecule has 2 heterocycles. The summed E-state index contributed by atoms with van der Waals surface area (Å²) in [6.07, 6.45) is 2.56. The molecular weight excluding hydrogens is 272 g/mol. The van der Waals surface area contributed by atoms with Gasteiger partial charge in [-0.25, -0.2) is 0 Å². The minimum Gasteiger partial charge on any atom is -0.322 e. The molecule has 0 aromatic carbocycles. The fraction of sp³-hybridized carbons (Fsp3) is 0.500. The Kier molecular flexibility index (Phi) is 2.83. The Morgan fingerprint density at radius 3 is 2.80 bits per heavy atom. The lowest BCUT2D eigenvalue weighted by Gasteiger charge is -2.42. The summed E-state index contributed by atoms with van der Waals surface area (Å²) in [6.45, 7) is 1.94. The van der Waals surface area contributed by atoms with Crippen LogP contribution in [0.4, 0.5) is 0 Å². The lowest BCUT2D eigenvalue weighted by Crippen LogP contribution is -2.53. The van der Waals surface area contributed by atoms with Crippen LogP contribution in [0.1, 0.15) is 34.6 Å². The number of amides is 1. The zero-order valence-electron chi connectivity index (χ0n) is 11.8. The SMILES string of the molecule is Cc1nn(C)c2sc(C(=O)N(C)C3(C#N)CCC3)cc12. The molecule has 0 saturated heterocycles. The molecule has 0 spiro atoms. The predicted octanol–water partition coefficient (Wildman–Crippen LogP) is 2.46. The van der Waals surface area contributed by atoms with Crippen LogP contribution in [0.5, 0.6) is 0 Å². The lowest BCUT2D eigenvalue weighted by atomic mass is 9.76. The second-order valence-electron chi connectivity index (χ2n) is 5.40. The number of fused-ring (bicyclic) bond motifs is 1. The van der Waals surface area contributed by atoms with Gasteiger partial charge in [0.15, 0.2) is 0 Å². The zero-order valence-corrected chi connectivity index (χ0v) is 12.6. The van der Waals surface area contributed by atoms with Gasteiger partial charge in [-0.1, -0.05) is 0 Å². The van der Waals surface area contributed by atoms with Crippen LogP contribution in [0, 0.1) is 18.3 Å². The molecule has 1 fully saturated rings. The number of nitriles is 1. The van der Waals surface area contributed by atoms with Crippen molar-refractivity contribution in [1.82, 2.24) is 14.7 Å². The van der Waals surface area contributed by atoms with Gasteiger partial charge in [-0.2, -0.15) is 10.4 Å². The fourth-order valence-corrected chi connectivity index (χ4v) is 3.80. The molecule has 5 nitrogen and oxygen atoms in total. The maximum atomic E-state index is 12.6. The first-order valence-corrected chi connectivity index (χ1v) is 7.43. The van der Waals surface area contributed by atoms with E-state index in [1.165, 1.54) is 11.3 Å². The molecule has 0 unspecified atom stereocenters. The highest BCUT2D eigenvalue weighted by Gasteiger charge is 2.44. The number of rotatable bonds is 2. The van der Waals surface area contributed by atoms with Crippen LogP contribution in [0.15, 0.2) is 6.07 Å². The third-order valence-electron chi connectivity index (χ3n) is 4.24. The van der Waals surface area contributed by atoms with Crippen molar-refractivity contribution in [3.8, 4) is 6.07 Å². The maximum Gasteiger partial charge on any atom is 0.265 e. The zero-order chi connectivity index (χ0) is 14.5. The first-order chi connectivity index (χ1) is 9.48. The monoisotopic (exact) mass is 288 g/mol. The Labute approximate surface area is 121 Å². The molecule has 104 valence electrons. The number of hydrogen-bond donors (Lipinski definition) is 0. The number of thiophene rings is 1. The summed E-state index contributed by atoms with van der Waals surface area (Å²) in [5.74, 6) is -0.0631. The molecule has 1 aliphatic rings. The Morgan fingerprint density at radius 1 is 1.60 bits per heavy atom. The van der Waals surface area contributed by atoms with Crippen LogP contribution < -0.4 is 0 Å². The molecule has 3 rings (SSSR count). The van der Waals surface area contributed by atoms with Crippen LogP contribution in [0.2, 0.25) is 0 Å². The summed E-state index contributed by atoms with van der Waals surface area (Å²) >= 11 is 1.44. The van der Waals surface area contributed by atoms with Gasteiger partial charge in [-0.15, -0.1) is 11.3 Å². The summed E-state index contributed by atoms with van der Waals surface area (Å²) in [7, 11) is 3.62. The Hall–Kier alpha value is -1.87. The molecule has 0 bridgehead atoms. The molecule has 0 aliphatic heterocycles. The van der Waals surface area contributed by atoms with Crippen molar-refractivity contribution in [2.24, 2.45) is 7.05 Å². The molecule has 1 saturated carbocycles. The fourth-order valence-electron chi connectivity index (χ4n) is 2.70. The quantitative estimate of drug-likeness (QED) is 0.852. The van der Waals surface area contributed by atoms with Crippen molar-refractivity contribution >= 4 is 27.5 Å². The van der Waals surface area contributed by atoms with E-state index >= 15 is 0 Å². The standard InChI is InChI=1S/C14H16N4OS/c1-9-10-7-11(20-13(10)18(3)16-9)12(19)17(2)14(8-15)5-4-6-14/h7H,4-6H2,1-3H3. The van der Waals surface area contributed by atoms with E-state index in [4.69, 9.17) is 0 Å². The first kappa shape index (κ1) is 13.1. The summed E-state index contributed by atoms with van der Waals surface area (Å²) in [6, 6.07) is 4.20. The minimum atomic E-state index is -0.597. The van der Waals surface area contributed by atoms with E-state index in [0.29, 0.717) is 4.88 Å². The average molecular weight is 288 g/mol. The van der Waals surface area contributed by atoms with Crippen molar-refractivity contribution in [2.75, 3.05) is 7.05 Å².